The Morgan fingerprint density at radius 1 is 1.10 bits per heavy atom. The van der Waals surface area contributed by atoms with Crippen LogP contribution in [0.5, 0.6) is 0 Å². The molecular formula is C20H16BrClN2O6S. The standard InChI is InChI=1S/C20H16BrClN2O6S/c21-13-3-5-14(6-4-13)24-31(27,28)16-7-8-18(22)17(10-16)20(26)30-12-19(25)23-11-15-2-1-9-29-15/h1-10,24H,11-12H2,(H,23,25). The summed E-state index contributed by atoms with van der Waals surface area (Å²) in [5.74, 6) is -0.945. The predicted octanol–water partition coefficient (Wildman–Crippen LogP) is 3.97. The lowest BCUT2D eigenvalue weighted by Gasteiger charge is -2.11. The SMILES string of the molecule is O=C(COC(=O)c1cc(S(=O)(=O)Nc2ccc(Br)cc2)ccc1Cl)NCc1ccco1. The van der Waals surface area contributed by atoms with Crippen LogP contribution < -0.4 is 10.0 Å². The number of rotatable bonds is 8. The summed E-state index contributed by atoms with van der Waals surface area (Å²) < 4.78 is 38.5. The van der Waals surface area contributed by atoms with Crippen LogP contribution in [0.1, 0.15) is 16.1 Å². The second kappa shape index (κ2) is 9.99. The summed E-state index contributed by atoms with van der Waals surface area (Å²) in [6.07, 6.45) is 1.47. The van der Waals surface area contributed by atoms with Crippen molar-refractivity contribution in [2.24, 2.45) is 0 Å². The van der Waals surface area contributed by atoms with Gasteiger partial charge in [-0.2, -0.15) is 0 Å². The first-order chi connectivity index (χ1) is 14.7. The highest BCUT2D eigenvalue weighted by atomic mass is 79.9. The van der Waals surface area contributed by atoms with Crippen LogP contribution in [0.2, 0.25) is 5.02 Å². The van der Waals surface area contributed by atoms with E-state index in [-0.39, 0.29) is 22.0 Å². The summed E-state index contributed by atoms with van der Waals surface area (Å²) >= 11 is 9.30. The number of sulfonamides is 1. The number of anilines is 1. The average molecular weight is 528 g/mol. The van der Waals surface area contributed by atoms with Crippen molar-refractivity contribution in [2.45, 2.75) is 11.4 Å². The molecule has 1 amide bonds. The minimum atomic E-state index is -3.99. The number of ether oxygens (including phenoxy) is 1. The van der Waals surface area contributed by atoms with E-state index in [1.54, 1.807) is 36.4 Å². The first-order valence-electron chi connectivity index (χ1n) is 8.79. The number of hydrogen-bond donors (Lipinski definition) is 2. The highest BCUT2D eigenvalue weighted by Crippen LogP contribution is 2.24. The minimum Gasteiger partial charge on any atom is -0.467 e. The first kappa shape index (κ1) is 22.9. The van der Waals surface area contributed by atoms with Crippen LogP contribution in [0.25, 0.3) is 0 Å². The van der Waals surface area contributed by atoms with Gasteiger partial charge in [0.1, 0.15) is 5.76 Å². The van der Waals surface area contributed by atoms with Crippen molar-refractivity contribution in [3.8, 4) is 0 Å². The van der Waals surface area contributed by atoms with Gasteiger partial charge in [0.05, 0.1) is 28.3 Å². The lowest BCUT2D eigenvalue weighted by Crippen LogP contribution is -2.28. The van der Waals surface area contributed by atoms with Crippen LogP contribution in [0.3, 0.4) is 0 Å². The molecule has 1 heterocycles. The van der Waals surface area contributed by atoms with Gasteiger partial charge in [0, 0.05) is 10.2 Å². The van der Waals surface area contributed by atoms with Crippen molar-refractivity contribution < 1.29 is 27.2 Å². The number of carbonyl (C=O) groups excluding carboxylic acids is 2. The van der Waals surface area contributed by atoms with Gasteiger partial charge < -0.3 is 14.5 Å². The molecule has 0 aliphatic carbocycles. The quantitative estimate of drug-likeness (QED) is 0.429. The molecule has 31 heavy (non-hydrogen) atoms. The summed E-state index contributed by atoms with van der Waals surface area (Å²) in [6, 6.07) is 13.5. The molecule has 0 saturated carbocycles. The Labute approximate surface area is 191 Å². The van der Waals surface area contributed by atoms with Gasteiger partial charge in [-0.05, 0) is 54.6 Å². The van der Waals surface area contributed by atoms with Crippen molar-refractivity contribution in [1.82, 2.24) is 5.32 Å². The molecule has 0 unspecified atom stereocenters. The maximum atomic E-state index is 12.6. The summed E-state index contributed by atoms with van der Waals surface area (Å²) in [4.78, 5) is 24.0. The van der Waals surface area contributed by atoms with Gasteiger partial charge in [-0.3, -0.25) is 9.52 Å². The topological polar surface area (TPSA) is 115 Å². The van der Waals surface area contributed by atoms with Gasteiger partial charge in [0.25, 0.3) is 15.9 Å². The third kappa shape index (κ3) is 6.33. The Bertz CT molecular complexity index is 1180. The molecule has 0 atom stereocenters. The molecule has 0 radical (unpaired) electrons. The number of hydrogen-bond acceptors (Lipinski definition) is 6. The van der Waals surface area contributed by atoms with Crippen molar-refractivity contribution in [2.75, 3.05) is 11.3 Å². The maximum Gasteiger partial charge on any atom is 0.340 e. The summed E-state index contributed by atoms with van der Waals surface area (Å²) in [6.45, 7) is -0.427. The zero-order valence-electron chi connectivity index (χ0n) is 15.8. The maximum absolute atomic E-state index is 12.6. The highest BCUT2D eigenvalue weighted by Gasteiger charge is 2.20. The molecule has 0 fully saturated rings. The predicted molar refractivity (Wildman–Crippen MR) is 117 cm³/mol. The van der Waals surface area contributed by atoms with E-state index in [0.29, 0.717) is 11.4 Å². The van der Waals surface area contributed by atoms with E-state index >= 15 is 0 Å². The second-order valence-electron chi connectivity index (χ2n) is 6.19. The van der Waals surface area contributed by atoms with Gasteiger partial charge in [0.15, 0.2) is 6.61 Å². The fourth-order valence-electron chi connectivity index (χ4n) is 2.42. The van der Waals surface area contributed by atoms with Crippen molar-refractivity contribution in [3.05, 3.63) is 81.7 Å². The van der Waals surface area contributed by atoms with Crippen LogP contribution >= 0.6 is 27.5 Å². The van der Waals surface area contributed by atoms with E-state index in [4.69, 9.17) is 20.8 Å². The van der Waals surface area contributed by atoms with Gasteiger partial charge in [0.2, 0.25) is 0 Å². The Balaban J connectivity index is 1.65. The van der Waals surface area contributed by atoms with Crippen LogP contribution in [0.15, 0.2) is 74.6 Å². The Morgan fingerprint density at radius 3 is 2.52 bits per heavy atom. The largest absolute Gasteiger partial charge is 0.467 e. The van der Waals surface area contributed by atoms with E-state index in [0.717, 1.165) is 10.5 Å². The summed E-state index contributed by atoms with van der Waals surface area (Å²) in [5, 5.41) is 2.51. The number of amides is 1. The third-order valence-electron chi connectivity index (χ3n) is 3.94. The molecule has 3 rings (SSSR count). The van der Waals surface area contributed by atoms with Gasteiger partial charge in [-0.15, -0.1) is 0 Å². The average Bonchev–Trinajstić information content (AvgIpc) is 3.26. The lowest BCUT2D eigenvalue weighted by atomic mass is 10.2. The minimum absolute atomic E-state index is 0.0106. The molecule has 162 valence electrons. The number of nitrogens with one attached hydrogen (secondary N) is 2. The van der Waals surface area contributed by atoms with E-state index in [9.17, 15) is 18.0 Å². The molecule has 0 aliphatic rings. The van der Waals surface area contributed by atoms with E-state index in [2.05, 4.69) is 26.0 Å². The molecule has 0 spiro atoms. The highest BCUT2D eigenvalue weighted by molar-refractivity contribution is 9.10. The van der Waals surface area contributed by atoms with Crippen LogP contribution in [0.4, 0.5) is 5.69 Å². The van der Waals surface area contributed by atoms with Gasteiger partial charge in [-0.25, -0.2) is 13.2 Å². The number of esters is 1. The molecule has 2 N–H and O–H groups in total. The first-order valence-corrected chi connectivity index (χ1v) is 11.4. The van der Waals surface area contributed by atoms with E-state index < -0.39 is 28.5 Å². The molecule has 1 aromatic heterocycles. The molecule has 11 heteroatoms. The molecule has 0 bridgehead atoms. The number of halogens is 2. The van der Waals surface area contributed by atoms with Gasteiger partial charge in [-0.1, -0.05) is 27.5 Å². The van der Waals surface area contributed by atoms with Crippen molar-refractivity contribution >= 4 is 55.1 Å². The summed E-state index contributed by atoms with van der Waals surface area (Å²) in [5.41, 5.74) is 0.162. The zero-order valence-corrected chi connectivity index (χ0v) is 19.0. The monoisotopic (exact) mass is 526 g/mol. The number of benzene rings is 2. The fraction of sp³-hybridized carbons (Fsp3) is 0.100. The van der Waals surface area contributed by atoms with Crippen LogP contribution in [-0.2, 0) is 26.1 Å². The molecule has 0 saturated heterocycles. The molecular weight excluding hydrogens is 512 g/mol. The molecule has 0 aliphatic heterocycles. The van der Waals surface area contributed by atoms with Crippen LogP contribution in [-0.4, -0.2) is 26.9 Å². The normalized spacial score (nSPS) is 11.0. The van der Waals surface area contributed by atoms with E-state index in [1.807, 2.05) is 0 Å². The lowest BCUT2D eigenvalue weighted by molar-refractivity contribution is -0.124. The van der Waals surface area contributed by atoms with Crippen LogP contribution in [0, 0.1) is 0 Å². The van der Waals surface area contributed by atoms with Gasteiger partial charge >= 0.3 is 5.97 Å². The van der Waals surface area contributed by atoms with Crippen molar-refractivity contribution in [3.63, 3.8) is 0 Å². The Morgan fingerprint density at radius 2 is 1.84 bits per heavy atom. The number of furan rings is 1. The number of carbonyl (C=O) groups is 2. The Hall–Kier alpha value is -2.82. The smallest absolute Gasteiger partial charge is 0.340 e. The molecule has 3 aromatic rings. The fourth-order valence-corrected chi connectivity index (χ4v) is 3.96. The van der Waals surface area contributed by atoms with E-state index in [1.165, 1.54) is 18.4 Å². The second-order valence-corrected chi connectivity index (χ2v) is 9.19. The Kier molecular flexibility index (Phi) is 7.37. The molecule has 8 nitrogen and oxygen atoms in total. The summed E-state index contributed by atoms with van der Waals surface area (Å²) in [7, 11) is -3.99. The third-order valence-corrected chi connectivity index (χ3v) is 6.18. The zero-order chi connectivity index (χ0) is 22.4. The van der Waals surface area contributed by atoms with Crippen molar-refractivity contribution in [1.29, 1.82) is 0 Å². The molecule has 2 aromatic carbocycles.